The van der Waals surface area contributed by atoms with Gasteiger partial charge in [-0.3, -0.25) is 4.99 Å². The lowest BCUT2D eigenvalue weighted by molar-refractivity contribution is 0.337. The molecule has 0 spiro atoms. The monoisotopic (exact) mass is 461 g/mol. The number of rotatable bonds is 4. The zero-order valence-electron chi connectivity index (χ0n) is 13.3. The highest BCUT2D eigenvalue weighted by Gasteiger charge is 2.12. The third kappa shape index (κ3) is 5.07. The Hall–Kier alpha value is -1.35. The molecule has 1 aromatic carbocycles. The first-order valence-corrected chi connectivity index (χ1v) is 8.23. The van der Waals surface area contributed by atoms with E-state index in [4.69, 9.17) is 21.9 Å². The summed E-state index contributed by atoms with van der Waals surface area (Å²) in [4.78, 5) is 10.9. The number of benzene rings is 1. The number of halogens is 2. The van der Waals surface area contributed by atoms with Crippen molar-refractivity contribution >= 4 is 41.5 Å². The molecule has 2 N–H and O–H groups in total. The molecule has 8 heteroatoms. The van der Waals surface area contributed by atoms with Crippen LogP contribution in [0, 0.1) is 0 Å². The first-order chi connectivity index (χ1) is 11.2. The number of piperidine rings is 1. The molecule has 1 saturated heterocycles. The molecule has 1 aliphatic rings. The largest absolute Gasteiger partial charge is 0.370 e. The van der Waals surface area contributed by atoms with Gasteiger partial charge >= 0.3 is 0 Å². The van der Waals surface area contributed by atoms with Crippen molar-refractivity contribution in [3.05, 3.63) is 35.2 Å². The van der Waals surface area contributed by atoms with Gasteiger partial charge in [0.05, 0.1) is 6.54 Å². The Morgan fingerprint density at radius 3 is 2.83 bits per heavy atom. The number of guanidine groups is 1. The van der Waals surface area contributed by atoms with Gasteiger partial charge in [0.25, 0.3) is 0 Å². The van der Waals surface area contributed by atoms with Crippen LogP contribution < -0.4 is 5.73 Å². The molecule has 2 aromatic rings. The normalized spacial score (nSPS) is 15.2. The second kappa shape index (κ2) is 9.22. The minimum atomic E-state index is 0. The molecule has 1 aromatic heterocycles. The summed E-state index contributed by atoms with van der Waals surface area (Å²) in [5.41, 5.74) is 6.86. The number of hydrogen-bond donors (Lipinski definition) is 1. The van der Waals surface area contributed by atoms with Crippen molar-refractivity contribution in [3.63, 3.8) is 0 Å². The fraction of sp³-hybridized carbons (Fsp3) is 0.438. The summed E-state index contributed by atoms with van der Waals surface area (Å²) in [6, 6.07) is 7.37. The average molecular weight is 462 g/mol. The Bertz CT molecular complexity index is 685. The Balaban J connectivity index is 0.00000208. The van der Waals surface area contributed by atoms with Gasteiger partial charge in [0.2, 0.25) is 11.7 Å². The molecule has 0 atom stereocenters. The highest BCUT2D eigenvalue weighted by Crippen LogP contribution is 2.20. The Morgan fingerprint density at radius 1 is 1.29 bits per heavy atom. The van der Waals surface area contributed by atoms with Crippen LogP contribution in [0.1, 0.15) is 25.2 Å². The van der Waals surface area contributed by atoms with Crippen LogP contribution in [0.4, 0.5) is 0 Å². The lowest BCUT2D eigenvalue weighted by Gasteiger charge is -2.27. The van der Waals surface area contributed by atoms with Crippen molar-refractivity contribution in [1.29, 1.82) is 0 Å². The number of aliphatic imine (C=N–C) groups is 1. The van der Waals surface area contributed by atoms with Crippen molar-refractivity contribution < 1.29 is 4.52 Å². The van der Waals surface area contributed by atoms with E-state index in [1.54, 1.807) is 0 Å². The highest BCUT2D eigenvalue weighted by molar-refractivity contribution is 14.0. The maximum absolute atomic E-state index is 6.02. The van der Waals surface area contributed by atoms with E-state index < -0.39 is 0 Å². The van der Waals surface area contributed by atoms with Gasteiger partial charge in [0, 0.05) is 30.1 Å². The van der Waals surface area contributed by atoms with Gasteiger partial charge in [0.15, 0.2) is 5.96 Å². The van der Waals surface area contributed by atoms with E-state index >= 15 is 0 Å². The van der Waals surface area contributed by atoms with Gasteiger partial charge in [0.1, 0.15) is 0 Å². The predicted octanol–water partition coefficient (Wildman–Crippen LogP) is 3.35. The zero-order chi connectivity index (χ0) is 16.1. The van der Waals surface area contributed by atoms with Gasteiger partial charge in [-0.2, -0.15) is 4.98 Å². The summed E-state index contributed by atoms with van der Waals surface area (Å²) < 4.78 is 5.26. The third-order valence-corrected chi connectivity index (χ3v) is 4.07. The molecule has 0 radical (unpaired) electrons. The van der Waals surface area contributed by atoms with E-state index in [0.29, 0.717) is 35.7 Å². The van der Waals surface area contributed by atoms with E-state index in [0.717, 1.165) is 18.7 Å². The number of hydrogen-bond acceptors (Lipinski definition) is 4. The van der Waals surface area contributed by atoms with E-state index in [1.165, 1.54) is 19.3 Å². The maximum atomic E-state index is 6.02. The van der Waals surface area contributed by atoms with Crippen molar-refractivity contribution in [2.75, 3.05) is 19.6 Å². The lowest BCUT2D eigenvalue weighted by atomic mass is 10.1. The number of nitrogens with zero attached hydrogens (tertiary/aromatic N) is 4. The van der Waals surface area contributed by atoms with E-state index in [2.05, 4.69) is 20.0 Å². The second-order valence-electron chi connectivity index (χ2n) is 5.56. The molecule has 1 fully saturated rings. The maximum Gasteiger partial charge on any atom is 0.228 e. The molecule has 0 saturated carbocycles. The van der Waals surface area contributed by atoms with E-state index in [1.807, 2.05) is 24.3 Å². The molecule has 0 aliphatic carbocycles. The molecule has 130 valence electrons. The summed E-state index contributed by atoms with van der Waals surface area (Å²) in [6.07, 6.45) is 4.21. The summed E-state index contributed by atoms with van der Waals surface area (Å²) in [7, 11) is 0. The van der Waals surface area contributed by atoms with Crippen LogP contribution in [0.3, 0.4) is 0 Å². The molecule has 1 aliphatic heterocycles. The van der Waals surface area contributed by atoms with Crippen LogP contribution in [0.2, 0.25) is 5.02 Å². The summed E-state index contributed by atoms with van der Waals surface area (Å²) >= 11 is 5.97. The van der Waals surface area contributed by atoms with Crippen molar-refractivity contribution in [2.24, 2.45) is 10.7 Å². The number of nitrogens with two attached hydrogens (primary N) is 1. The molecule has 6 nitrogen and oxygen atoms in total. The molecule has 0 unspecified atom stereocenters. The van der Waals surface area contributed by atoms with Gasteiger partial charge in [-0.05, 0) is 31.4 Å². The molecule has 0 bridgehead atoms. The second-order valence-corrected chi connectivity index (χ2v) is 6.00. The van der Waals surface area contributed by atoms with Gasteiger partial charge in [-0.1, -0.05) is 28.9 Å². The number of aromatic nitrogens is 2. The van der Waals surface area contributed by atoms with Crippen molar-refractivity contribution in [1.82, 2.24) is 15.0 Å². The minimum absolute atomic E-state index is 0. The molecular formula is C16H21ClIN5O. The van der Waals surface area contributed by atoms with E-state index in [9.17, 15) is 0 Å². The third-order valence-electron chi connectivity index (χ3n) is 3.83. The quantitative estimate of drug-likeness (QED) is 0.429. The Labute approximate surface area is 163 Å². The molecule has 3 rings (SSSR count). The summed E-state index contributed by atoms with van der Waals surface area (Å²) in [6.45, 7) is 2.53. The summed E-state index contributed by atoms with van der Waals surface area (Å²) in [5, 5.41) is 4.63. The van der Waals surface area contributed by atoms with Crippen LogP contribution >= 0.6 is 35.6 Å². The van der Waals surface area contributed by atoms with Crippen LogP contribution in [-0.2, 0) is 6.42 Å². The smallest absolute Gasteiger partial charge is 0.228 e. The molecule has 24 heavy (non-hydrogen) atoms. The summed E-state index contributed by atoms with van der Waals surface area (Å²) in [5.74, 6) is 1.70. The SMILES string of the molecule is I.NC(=NCCc1nc(-c2cccc(Cl)c2)no1)N1CCCCC1. The van der Waals surface area contributed by atoms with Crippen LogP contribution in [0.25, 0.3) is 11.4 Å². The first-order valence-electron chi connectivity index (χ1n) is 7.86. The van der Waals surface area contributed by atoms with Crippen LogP contribution in [0.15, 0.2) is 33.8 Å². The lowest BCUT2D eigenvalue weighted by Crippen LogP contribution is -2.41. The van der Waals surface area contributed by atoms with Gasteiger partial charge in [-0.15, -0.1) is 24.0 Å². The predicted molar refractivity (Wildman–Crippen MR) is 106 cm³/mol. The standard InChI is InChI=1S/C16H20ClN5O.HI/c17-13-6-4-5-12(11-13)15-20-14(23-21-15)7-8-19-16(18)22-9-2-1-3-10-22;/h4-6,11H,1-3,7-10H2,(H2,18,19);1H. The molecule has 2 heterocycles. The van der Waals surface area contributed by atoms with Gasteiger partial charge < -0.3 is 15.2 Å². The number of likely N-dealkylation sites (tertiary alicyclic amines) is 1. The highest BCUT2D eigenvalue weighted by atomic mass is 127. The fourth-order valence-corrected chi connectivity index (χ4v) is 2.78. The van der Waals surface area contributed by atoms with E-state index in [-0.39, 0.29) is 24.0 Å². The first kappa shape index (κ1) is 19.0. The van der Waals surface area contributed by atoms with Gasteiger partial charge in [-0.25, -0.2) is 0 Å². The Morgan fingerprint density at radius 2 is 2.08 bits per heavy atom. The van der Waals surface area contributed by atoms with Crippen molar-refractivity contribution in [3.8, 4) is 11.4 Å². The zero-order valence-corrected chi connectivity index (χ0v) is 16.4. The Kier molecular flexibility index (Phi) is 7.29. The van der Waals surface area contributed by atoms with Crippen molar-refractivity contribution in [2.45, 2.75) is 25.7 Å². The fourth-order valence-electron chi connectivity index (χ4n) is 2.59. The minimum Gasteiger partial charge on any atom is -0.370 e. The molecule has 0 amide bonds. The molecular weight excluding hydrogens is 441 g/mol. The van der Waals surface area contributed by atoms with Crippen LogP contribution in [-0.4, -0.2) is 40.6 Å². The topological polar surface area (TPSA) is 80.5 Å². The average Bonchev–Trinajstić information content (AvgIpc) is 3.04. The van der Waals surface area contributed by atoms with Crippen LogP contribution in [0.5, 0.6) is 0 Å².